The lowest BCUT2D eigenvalue weighted by atomic mass is 10.1. The molecule has 1 aromatic rings. The first-order valence-corrected chi connectivity index (χ1v) is 7.51. The van der Waals surface area contributed by atoms with E-state index in [0.717, 1.165) is 0 Å². The second-order valence-corrected chi connectivity index (χ2v) is 5.39. The summed E-state index contributed by atoms with van der Waals surface area (Å²) >= 11 is 0. The van der Waals surface area contributed by atoms with Crippen LogP contribution < -0.4 is 16.0 Å². The molecule has 7 heteroatoms. The van der Waals surface area contributed by atoms with Gasteiger partial charge in [-0.15, -0.1) is 0 Å². The van der Waals surface area contributed by atoms with E-state index < -0.39 is 17.9 Å². The predicted octanol–water partition coefficient (Wildman–Crippen LogP) is 0.650. The lowest BCUT2D eigenvalue weighted by molar-refractivity contribution is -0.136. The lowest BCUT2D eigenvalue weighted by Crippen LogP contribution is -2.43. The molecule has 0 saturated carbocycles. The number of carbonyl (C=O) groups excluding carboxylic acids is 3. The molecule has 0 aliphatic rings. The van der Waals surface area contributed by atoms with E-state index in [1.54, 1.807) is 31.2 Å². The molecule has 0 radical (unpaired) electrons. The first-order chi connectivity index (χ1) is 10.9. The van der Waals surface area contributed by atoms with Gasteiger partial charge in [-0.25, -0.2) is 0 Å². The van der Waals surface area contributed by atoms with E-state index in [4.69, 9.17) is 5.11 Å². The molecule has 3 amide bonds. The second kappa shape index (κ2) is 8.89. The van der Waals surface area contributed by atoms with E-state index >= 15 is 0 Å². The molecule has 0 aliphatic heterocycles. The summed E-state index contributed by atoms with van der Waals surface area (Å²) in [5.41, 5.74) is 0.527. The third-order valence-electron chi connectivity index (χ3n) is 3.09. The Kier molecular flexibility index (Phi) is 7.21. The third kappa shape index (κ3) is 5.71. The van der Waals surface area contributed by atoms with Crippen LogP contribution in [0.2, 0.25) is 0 Å². The Morgan fingerprint density at radius 1 is 1.09 bits per heavy atom. The first-order valence-electron chi connectivity index (χ1n) is 7.51. The van der Waals surface area contributed by atoms with Crippen LogP contribution in [0.5, 0.6) is 0 Å². The highest BCUT2D eigenvalue weighted by Crippen LogP contribution is 2.15. The molecule has 0 spiro atoms. The van der Waals surface area contributed by atoms with Crippen molar-refractivity contribution in [3.8, 4) is 0 Å². The van der Waals surface area contributed by atoms with Crippen LogP contribution in [0.3, 0.4) is 0 Å². The topological polar surface area (TPSA) is 108 Å². The van der Waals surface area contributed by atoms with E-state index in [0.29, 0.717) is 6.42 Å². The molecule has 4 N–H and O–H groups in total. The van der Waals surface area contributed by atoms with Gasteiger partial charge in [-0.1, -0.05) is 19.1 Å². The number of carbonyl (C=O) groups is 3. The van der Waals surface area contributed by atoms with Gasteiger partial charge in [-0.2, -0.15) is 0 Å². The van der Waals surface area contributed by atoms with Gasteiger partial charge in [0.25, 0.3) is 5.91 Å². The van der Waals surface area contributed by atoms with Crippen LogP contribution in [0.4, 0.5) is 5.69 Å². The number of aliphatic hydroxyl groups is 1. The number of amides is 3. The highest BCUT2D eigenvalue weighted by Gasteiger charge is 2.20. The number of aliphatic hydroxyl groups excluding tert-OH is 1. The zero-order valence-electron chi connectivity index (χ0n) is 13.6. The maximum Gasteiger partial charge on any atom is 0.313 e. The summed E-state index contributed by atoms with van der Waals surface area (Å²) in [5, 5.41) is 16.6. The van der Waals surface area contributed by atoms with Gasteiger partial charge in [0.1, 0.15) is 0 Å². The summed E-state index contributed by atoms with van der Waals surface area (Å²) in [7, 11) is 0. The van der Waals surface area contributed by atoms with E-state index in [2.05, 4.69) is 16.0 Å². The highest BCUT2D eigenvalue weighted by molar-refractivity contribution is 6.40. The van der Waals surface area contributed by atoms with Crippen molar-refractivity contribution < 1.29 is 19.5 Å². The van der Waals surface area contributed by atoms with E-state index in [1.807, 2.05) is 13.8 Å². The summed E-state index contributed by atoms with van der Waals surface area (Å²) in [4.78, 5) is 35.8. The normalized spacial score (nSPS) is 11.7. The number of hydrogen-bond acceptors (Lipinski definition) is 4. The summed E-state index contributed by atoms with van der Waals surface area (Å²) in [6, 6.07) is 5.90. The van der Waals surface area contributed by atoms with E-state index in [-0.39, 0.29) is 29.8 Å². The summed E-state index contributed by atoms with van der Waals surface area (Å²) in [5.74, 6) is -2.08. The zero-order chi connectivity index (χ0) is 17.4. The predicted molar refractivity (Wildman–Crippen MR) is 87.0 cm³/mol. The molecule has 1 atom stereocenters. The maximum atomic E-state index is 12.1. The SMILES string of the molecule is CC[C@H](CO)NC(=O)C(=O)Nc1ccccc1C(=O)NC(C)C. The van der Waals surface area contributed by atoms with Crippen molar-refractivity contribution in [1.82, 2.24) is 10.6 Å². The number of nitrogens with one attached hydrogen (secondary N) is 3. The number of para-hydroxylation sites is 1. The average Bonchev–Trinajstić information content (AvgIpc) is 2.52. The van der Waals surface area contributed by atoms with Gasteiger partial charge in [0.15, 0.2) is 0 Å². The van der Waals surface area contributed by atoms with E-state index in [1.165, 1.54) is 0 Å². The molecule has 126 valence electrons. The van der Waals surface area contributed by atoms with Gasteiger partial charge in [0, 0.05) is 6.04 Å². The lowest BCUT2D eigenvalue weighted by Gasteiger charge is -2.15. The van der Waals surface area contributed by atoms with Crippen LogP contribution >= 0.6 is 0 Å². The molecule has 0 aromatic heterocycles. The van der Waals surface area contributed by atoms with Gasteiger partial charge in [0.2, 0.25) is 0 Å². The minimum absolute atomic E-state index is 0.0515. The van der Waals surface area contributed by atoms with Gasteiger partial charge in [-0.05, 0) is 32.4 Å². The van der Waals surface area contributed by atoms with Crippen LogP contribution in [0.25, 0.3) is 0 Å². The Bertz CT molecular complexity index is 568. The van der Waals surface area contributed by atoms with Crippen molar-refractivity contribution in [2.75, 3.05) is 11.9 Å². The average molecular weight is 321 g/mol. The smallest absolute Gasteiger partial charge is 0.313 e. The largest absolute Gasteiger partial charge is 0.394 e. The van der Waals surface area contributed by atoms with Crippen molar-refractivity contribution >= 4 is 23.4 Å². The molecule has 0 aliphatic carbocycles. The summed E-state index contributed by atoms with van der Waals surface area (Å²) < 4.78 is 0. The molecular weight excluding hydrogens is 298 g/mol. The maximum absolute atomic E-state index is 12.1. The van der Waals surface area contributed by atoms with Crippen molar-refractivity contribution in [2.45, 2.75) is 39.3 Å². The molecule has 0 unspecified atom stereocenters. The fraction of sp³-hybridized carbons (Fsp3) is 0.438. The minimum atomic E-state index is -0.887. The Hall–Kier alpha value is -2.41. The Labute approximate surface area is 135 Å². The standard InChI is InChI=1S/C16H23N3O4/c1-4-11(9-20)18-15(22)16(23)19-13-8-6-5-7-12(13)14(21)17-10(2)3/h5-8,10-11,20H,4,9H2,1-3H3,(H,17,21)(H,18,22)(H,19,23)/t11-/m1/s1. The summed E-state index contributed by atoms with van der Waals surface area (Å²) in [6.07, 6.45) is 0.503. The monoisotopic (exact) mass is 321 g/mol. The zero-order valence-corrected chi connectivity index (χ0v) is 13.6. The van der Waals surface area contributed by atoms with Crippen LogP contribution in [-0.2, 0) is 9.59 Å². The molecule has 23 heavy (non-hydrogen) atoms. The van der Waals surface area contributed by atoms with Crippen LogP contribution in [0, 0.1) is 0 Å². The molecule has 0 bridgehead atoms. The van der Waals surface area contributed by atoms with Crippen molar-refractivity contribution in [3.63, 3.8) is 0 Å². The molecule has 0 saturated heterocycles. The quantitative estimate of drug-likeness (QED) is 0.577. The highest BCUT2D eigenvalue weighted by atomic mass is 16.3. The molecule has 1 rings (SSSR count). The number of rotatable bonds is 6. The van der Waals surface area contributed by atoms with Crippen LogP contribution in [0.1, 0.15) is 37.6 Å². The Morgan fingerprint density at radius 3 is 2.30 bits per heavy atom. The fourth-order valence-corrected chi connectivity index (χ4v) is 1.84. The summed E-state index contributed by atoms with van der Waals surface area (Å²) in [6.45, 7) is 5.19. The molecule has 7 nitrogen and oxygen atoms in total. The third-order valence-corrected chi connectivity index (χ3v) is 3.09. The van der Waals surface area contributed by atoms with Crippen molar-refractivity contribution in [3.05, 3.63) is 29.8 Å². The number of anilines is 1. The van der Waals surface area contributed by atoms with Crippen molar-refractivity contribution in [1.29, 1.82) is 0 Å². The van der Waals surface area contributed by atoms with Gasteiger partial charge in [-0.3, -0.25) is 14.4 Å². The fourth-order valence-electron chi connectivity index (χ4n) is 1.84. The minimum Gasteiger partial charge on any atom is -0.394 e. The van der Waals surface area contributed by atoms with Gasteiger partial charge in [0.05, 0.1) is 23.9 Å². The van der Waals surface area contributed by atoms with Gasteiger partial charge < -0.3 is 21.1 Å². The van der Waals surface area contributed by atoms with E-state index in [9.17, 15) is 14.4 Å². The molecular formula is C16H23N3O4. The van der Waals surface area contributed by atoms with Crippen LogP contribution in [0.15, 0.2) is 24.3 Å². The molecule has 0 heterocycles. The Balaban J connectivity index is 2.82. The second-order valence-electron chi connectivity index (χ2n) is 5.39. The molecule has 1 aromatic carbocycles. The Morgan fingerprint density at radius 2 is 1.74 bits per heavy atom. The number of hydrogen-bond donors (Lipinski definition) is 4. The number of benzene rings is 1. The molecule has 0 fully saturated rings. The van der Waals surface area contributed by atoms with Gasteiger partial charge >= 0.3 is 11.8 Å². The first kappa shape index (κ1) is 18.6. The van der Waals surface area contributed by atoms with Crippen molar-refractivity contribution in [2.24, 2.45) is 0 Å². The van der Waals surface area contributed by atoms with Crippen LogP contribution in [-0.4, -0.2) is 41.5 Å².